The Morgan fingerprint density at radius 1 is 1.11 bits per heavy atom. The minimum atomic E-state index is -0.221. The topological polar surface area (TPSA) is 69.0 Å². The summed E-state index contributed by atoms with van der Waals surface area (Å²) in [4.78, 5) is 17.3. The number of hydrogen-bond donors (Lipinski definition) is 1. The summed E-state index contributed by atoms with van der Waals surface area (Å²) in [6.07, 6.45) is 6.81. The number of ether oxygens (including phenoxy) is 1. The van der Waals surface area contributed by atoms with Gasteiger partial charge < -0.3 is 10.1 Å². The Morgan fingerprint density at radius 2 is 1.93 bits per heavy atom. The second-order valence-electron chi connectivity index (χ2n) is 6.83. The molecule has 0 radical (unpaired) electrons. The van der Waals surface area contributed by atoms with Gasteiger partial charge in [-0.25, -0.2) is 9.67 Å². The minimum absolute atomic E-state index is 0.221. The maximum atomic E-state index is 13.1. The van der Waals surface area contributed by atoms with Gasteiger partial charge in [0.05, 0.1) is 12.3 Å². The largest absolute Gasteiger partial charge is 0.476 e. The Balaban J connectivity index is 1.71. The monoisotopic (exact) mass is 376 g/mol. The van der Waals surface area contributed by atoms with E-state index in [2.05, 4.69) is 10.3 Å². The summed E-state index contributed by atoms with van der Waals surface area (Å²) < 4.78 is 7.46. The van der Waals surface area contributed by atoms with E-state index in [1.54, 1.807) is 18.3 Å². The van der Waals surface area contributed by atoms with Crippen molar-refractivity contribution in [2.75, 3.05) is 11.9 Å². The Morgan fingerprint density at radius 3 is 2.75 bits per heavy atom. The number of fused-ring (bicyclic) bond motifs is 1. The molecule has 1 aliphatic rings. The first-order valence-electron chi connectivity index (χ1n) is 9.83. The molecule has 0 saturated heterocycles. The Hall–Kier alpha value is -3.15. The van der Waals surface area contributed by atoms with E-state index in [0.717, 1.165) is 42.6 Å². The van der Waals surface area contributed by atoms with Crippen molar-refractivity contribution in [2.45, 2.75) is 39.0 Å². The molecule has 6 heteroatoms. The number of amides is 1. The Kier molecular flexibility index (Phi) is 5.37. The smallest absolute Gasteiger partial charge is 0.276 e. The van der Waals surface area contributed by atoms with Crippen molar-refractivity contribution in [1.82, 2.24) is 14.8 Å². The van der Waals surface area contributed by atoms with E-state index in [0.29, 0.717) is 23.9 Å². The van der Waals surface area contributed by atoms with Gasteiger partial charge in [-0.05, 0) is 56.9 Å². The molecule has 0 saturated carbocycles. The van der Waals surface area contributed by atoms with Gasteiger partial charge in [0.2, 0.25) is 5.88 Å². The van der Waals surface area contributed by atoms with E-state index < -0.39 is 0 Å². The van der Waals surface area contributed by atoms with Crippen molar-refractivity contribution in [3.63, 3.8) is 0 Å². The quantitative estimate of drug-likeness (QED) is 0.678. The fourth-order valence-corrected chi connectivity index (χ4v) is 3.66. The summed E-state index contributed by atoms with van der Waals surface area (Å²) in [7, 11) is 0. The molecule has 28 heavy (non-hydrogen) atoms. The molecular weight excluding hydrogens is 352 g/mol. The van der Waals surface area contributed by atoms with Crippen LogP contribution >= 0.6 is 0 Å². The molecule has 0 spiro atoms. The van der Waals surface area contributed by atoms with Gasteiger partial charge in [0.25, 0.3) is 5.91 Å². The predicted octanol–water partition coefficient (Wildman–Crippen LogP) is 4.19. The van der Waals surface area contributed by atoms with Crippen LogP contribution in [0.5, 0.6) is 5.88 Å². The molecule has 144 valence electrons. The molecule has 1 amide bonds. The number of carbonyl (C=O) groups excluding carboxylic acids is 1. The van der Waals surface area contributed by atoms with Crippen LogP contribution in [0.15, 0.2) is 48.7 Å². The molecular formula is C22H24N4O2. The lowest BCUT2D eigenvalue weighted by molar-refractivity contribution is 0.102. The number of anilines is 1. The molecule has 0 unspecified atom stereocenters. The van der Waals surface area contributed by atoms with Crippen LogP contribution in [0, 0.1) is 0 Å². The molecule has 6 nitrogen and oxygen atoms in total. The van der Waals surface area contributed by atoms with Gasteiger partial charge in [0, 0.05) is 17.5 Å². The molecule has 1 aliphatic carbocycles. The lowest BCUT2D eigenvalue weighted by Crippen LogP contribution is -2.16. The first-order valence-corrected chi connectivity index (χ1v) is 9.83. The molecule has 2 aromatic heterocycles. The maximum Gasteiger partial charge on any atom is 0.276 e. The number of pyridine rings is 1. The molecule has 2 heterocycles. The highest BCUT2D eigenvalue weighted by Crippen LogP contribution is 2.28. The van der Waals surface area contributed by atoms with E-state index >= 15 is 0 Å². The summed E-state index contributed by atoms with van der Waals surface area (Å²) in [5, 5.41) is 7.66. The Labute approximate surface area is 164 Å². The standard InChI is InChI=1S/C22H24N4O2/c1-2-28-22-18(13-9-15-23-22)24-21(27)20-17-12-7-4-8-14-19(17)26(25-20)16-10-5-3-6-11-16/h3,5-6,9-11,13,15H,2,4,7-8,12,14H2,1H3,(H,24,27). The van der Waals surface area contributed by atoms with Crippen LogP contribution in [-0.2, 0) is 12.8 Å². The highest BCUT2D eigenvalue weighted by molar-refractivity contribution is 6.04. The van der Waals surface area contributed by atoms with Crippen LogP contribution in [0.25, 0.3) is 5.69 Å². The third-order valence-electron chi connectivity index (χ3n) is 4.95. The number of nitrogens with one attached hydrogen (secondary N) is 1. The summed E-state index contributed by atoms with van der Waals surface area (Å²) in [6, 6.07) is 13.6. The zero-order chi connectivity index (χ0) is 19.3. The number of para-hydroxylation sites is 1. The van der Waals surface area contributed by atoms with E-state index in [4.69, 9.17) is 9.84 Å². The number of hydrogen-bond acceptors (Lipinski definition) is 4. The lowest BCUT2D eigenvalue weighted by atomic mass is 10.1. The van der Waals surface area contributed by atoms with Crippen molar-refractivity contribution in [3.8, 4) is 11.6 Å². The number of carbonyl (C=O) groups is 1. The molecule has 0 atom stereocenters. The van der Waals surface area contributed by atoms with E-state index in [-0.39, 0.29) is 5.91 Å². The van der Waals surface area contributed by atoms with Crippen molar-refractivity contribution in [3.05, 3.63) is 65.6 Å². The summed E-state index contributed by atoms with van der Waals surface area (Å²) in [5.74, 6) is 0.203. The first-order chi connectivity index (χ1) is 13.8. The van der Waals surface area contributed by atoms with Gasteiger partial charge in [-0.1, -0.05) is 24.6 Å². The van der Waals surface area contributed by atoms with Crippen LogP contribution < -0.4 is 10.1 Å². The minimum Gasteiger partial charge on any atom is -0.476 e. The molecule has 1 aromatic carbocycles. The third-order valence-corrected chi connectivity index (χ3v) is 4.95. The van der Waals surface area contributed by atoms with Crippen LogP contribution in [-0.4, -0.2) is 27.3 Å². The van der Waals surface area contributed by atoms with Gasteiger partial charge in [-0.15, -0.1) is 0 Å². The second kappa shape index (κ2) is 8.25. The Bertz CT molecular complexity index is 966. The molecule has 0 aliphatic heterocycles. The van der Waals surface area contributed by atoms with Crippen molar-refractivity contribution in [1.29, 1.82) is 0 Å². The lowest BCUT2D eigenvalue weighted by Gasteiger charge is -2.09. The van der Waals surface area contributed by atoms with E-state index in [1.165, 1.54) is 6.42 Å². The van der Waals surface area contributed by atoms with Crippen molar-refractivity contribution in [2.24, 2.45) is 0 Å². The molecule has 4 rings (SSSR count). The maximum absolute atomic E-state index is 13.1. The highest BCUT2D eigenvalue weighted by Gasteiger charge is 2.25. The fourth-order valence-electron chi connectivity index (χ4n) is 3.66. The summed E-state index contributed by atoms with van der Waals surface area (Å²) in [5.41, 5.74) is 4.24. The van der Waals surface area contributed by atoms with Crippen LogP contribution in [0.3, 0.4) is 0 Å². The fraction of sp³-hybridized carbons (Fsp3) is 0.318. The molecule has 3 aromatic rings. The zero-order valence-corrected chi connectivity index (χ0v) is 16.0. The van der Waals surface area contributed by atoms with Gasteiger partial charge in [0.1, 0.15) is 5.69 Å². The normalized spacial score (nSPS) is 13.5. The first kappa shape index (κ1) is 18.2. The average molecular weight is 376 g/mol. The van der Waals surface area contributed by atoms with Crippen molar-refractivity contribution >= 4 is 11.6 Å². The highest BCUT2D eigenvalue weighted by atomic mass is 16.5. The molecule has 1 N–H and O–H groups in total. The SMILES string of the molecule is CCOc1ncccc1NC(=O)c1nn(-c2ccccc2)c2c1CCCCC2. The summed E-state index contributed by atoms with van der Waals surface area (Å²) >= 11 is 0. The number of nitrogens with zero attached hydrogens (tertiary/aromatic N) is 3. The third kappa shape index (κ3) is 3.63. The van der Waals surface area contributed by atoms with E-state index in [9.17, 15) is 4.79 Å². The number of rotatable bonds is 5. The summed E-state index contributed by atoms with van der Waals surface area (Å²) in [6.45, 7) is 2.37. The van der Waals surface area contributed by atoms with Gasteiger partial charge >= 0.3 is 0 Å². The van der Waals surface area contributed by atoms with Crippen LogP contribution in [0.4, 0.5) is 5.69 Å². The number of benzene rings is 1. The van der Waals surface area contributed by atoms with Gasteiger partial charge in [0.15, 0.2) is 5.69 Å². The van der Waals surface area contributed by atoms with Crippen LogP contribution in [0.2, 0.25) is 0 Å². The van der Waals surface area contributed by atoms with Gasteiger partial charge in [-0.2, -0.15) is 5.10 Å². The van der Waals surface area contributed by atoms with Gasteiger partial charge in [-0.3, -0.25) is 4.79 Å². The number of aromatic nitrogens is 3. The van der Waals surface area contributed by atoms with Crippen molar-refractivity contribution < 1.29 is 9.53 Å². The van der Waals surface area contributed by atoms with Crippen LogP contribution in [0.1, 0.15) is 47.9 Å². The van der Waals surface area contributed by atoms with E-state index in [1.807, 2.05) is 41.9 Å². The average Bonchev–Trinajstić information content (AvgIpc) is 2.91. The zero-order valence-electron chi connectivity index (χ0n) is 16.0. The molecule has 0 fully saturated rings. The predicted molar refractivity (Wildman–Crippen MR) is 108 cm³/mol. The molecule has 0 bridgehead atoms. The second-order valence-corrected chi connectivity index (χ2v) is 6.83.